The van der Waals surface area contributed by atoms with Crippen molar-refractivity contribution >= 4 is 17.2 Å². The average Bonchev–Trinajstić information content (AvgIpc) is 2.79. The van der Waals surface area contributed by atoms with E-state index in [1.165, 1.54) is 11.3 Å². The number of nitrogens with one attached hydrogen (secondary N) is 1. The Bertz CT molecular complexity index is 555. The van der Waals surface area contributed by atoms with Crippen LogP contribution in [0.25, 0.3) is 0 Å². The predicted octanol–water partition coefficient (Wildman–Crippen LogP) is 3.30. The molecule has 0 bridgehead atoms. The molecule has 2 rings (SSSR count). The smallest absolute Gasteiger partial charge is 0.251 e. The van der Waals surface area contributed by atoms with Crippen LogP contribution < -0.4 is 5.32 Å². The molecule has 18 heavy (non-hydrogen) atoms. The van der Waals surface area contributed by atoms with Crippen molar-refractivity contribution in [3.63, 3.8) is 0 Å². The van der Waals surface area contributed by atoms with Crippen molar-refractivity contribution < 1.29 is 13.2 Å². The Labute approximate surface area is 106 Å². The van der Waals surface area contributed by atoms with E-state index < -0.39 is 23.1 Å². The number of thiazole rings is 1. The number of hydrogen-bond donors (Lipinski definition) is 1. The van der Waals surface area contributed by atoms with Crippen LogP contribution in [-0.4, -0.2) is 9.97 Å². The minimum Gasteiger partial charge on any atom is -0.356 e. The first kappa shape index (κ1) is 12.8. The lowest BCUT2D eigenvalue weighted by Crippen LogP contribution is -2.29. The van der Waals surface area contributed by atoms with Crippen molar-refractivity contribution in [1.82, 2.24) is 9.97 Å². The van der Waals surface area contributed by atoms with E-state index in [9.17, 15) is 13.2 Å². The Kier molecular flexibility index (Phi) is 3.25. The Morgan fingerprint density at radius 3 is 2.56 bits per heavy atom. The molecule has 2 heterocycles. The highest BCUT2D eigenvalue weighted by atomic mass is 32.1. The first-order valence-corrected chi connectivity index (χ1v) is 5.98. The van der Waals surface area contributed by atoms with Gasteiger partial charge in [-0.15, -0.1) is 11.3 Å². The summed E-state index contributed by atoms with van der Waals surface area (Å²) in [6.45, 7) is 3.49. The summed E-state index contributed by atoms with van der Waals surface area (Å²) in [6, 6.07) is 0.461. The van der Waals surface area contributed by atoms with Crippen molar-refractivity contribution in [2.45, 2.75) is 19.4 Å². The standard InChI is InChI=1S/C11H10F3N3S/c1-11(2,10-15-3-4-18-10)17-9-7(13)5-6(12)8(14)16-9/h3-5H,1-2H3,(H,16,17). The molecule has 0 fully saturated rings. The van der Waals surface area contributed by atoms with Gasteiger partial charge in [-0.2, -0.15) is 9.37 Å². The highest BCUT2D eigenvalue weighted by molar-refractivity contribution is 7.09. The molecule has 0 atom stereocenters. The zero-order chi connectivity index (χ0) is 13.3. The van der Waals surface area contributed by atoms with Gasteiger partial charge in [-0.05, 0) is 13.8 Å². The van der Waals surface area contributed by atoms with Gasteiger partial charge in [0.25, 0.3) is 5.95 Å². The van der Waals surface area contributed by atoms with E-state index in [-0.39, 0.29) is 5.82 Å². The molecule has 1 N–H and O–H groups in total. The van der Waals surface area contributed by atoms with Crippen molar-refractivity contribution in [2.24, 2.45) is 0 Å². The van der Waals surface area contributed by atoms with Crippen molar-refractivity contribution in [3.8, 4) is 0 Å². The molecule has 96 valence electrons. The van der Waals surface area contributed by atoms with Crippen molar-refractivity contribution in [1.29, 1.82) is 0 Å². The fraction of sp³-hybridized carbons (Fsp3) is 0.273. The third-order valence-corrected chi connectivity index (χ3v) is 3.38. The molecule has 2 aromatic rings. The number of pyridine rings is 1. The molecular weight excluding hydrogens is 263 g/mol. The molecule has 0 aliphatic rings. The van der Waals surface area contributed by atoms with Crippen molar-refractivity contribution in [3.05, 3.63) is 40.2 Å². The van der Waals surface area contributed by atoms with E-state index in [0.29, 0.717) is 11.1 Å². The average molecular weight is 273 g/mol. The van der Waals surface area contributed by atoms with E-state index in [1.54, 1.807) is 25.4 Å². The van der Waals surface area contributed by atoms with Gasteiger partial charge in [0.1, 0.15) is 5.01 Å². The molecule has 0 spiro atoms. The summed E-state index contributed by atoms with van der Waals surface area (Å²) < 4.78 is 39.2. The molecule has 0 radical (unpaired) electrons. The van der Waals surface area contributed by atoms with Gasteiger partial charge < -0.3 is 5.32 Å². The topological polar surface area (TPSA) is 37.8 Å². The van der Waals surface area contributed by atoms with Crippen molar-refractivity contribution in [2.75, 3.05) is 5.32 Å². The third kappa shape index (κ3) is 2.45. The minimum absolute atomic E-state index is 0.339. The summed E-state index contributed by atoms with van der Waals surface area (Å²) in [5.74, 6) is -3.94. The molecule has 0 unspecified atom stereocenters. The van der Waals surface area contributed by atoms with E-state index in [2.05, 4.69) is 15.3 Å². The molecule has 0 saturated carbocycles. The van der Waals surface area contributed by atoms with Gasteiger partial charge in [0.05, 0.1) is 5.54 Å². The molecule has 2 aromatic heterocycles. The van der Waals surface area contributed by atoms with Gasteiger partial charge in [0.2, 0.25) is 0 Å². The number of anilines is 1. The Morgan fingerprint density at radius 1 is 1.22 bits per heavy atom. The summed E-state index contributed by atoms with van der Waals surface area (Å²) in [6.07, 6.45) is 1.61. The van der Waals surface area contributed by atoms with Crippen LogP contribution >= 0.6 is 11.3 Å². The minimum atomic E-state index is -1.34. The lowest BCUT2D eigenvalue weighted by Gasteiger charge is -2.24. The third-order valence-electron chi connectivity index (χ3n) is 2.28. The Hall–Kier alpha value is -1.63. The van der Waals surface area contributed by atoms with Gasteiger partial charge in [0, 0.05) is 17.6 Å². The second kappa shape index (κ2) is 4.56. The SMILES string of the molecule is CC(C)(Nc1nc(F)c(F)cc1F)c1nccs1. The summed E-state index contributed by atoms with van der Waals surface area (Å²) in [5, 5.41) is 5.17. The van der Waals surface area contributed by atoms with Gasteiger partial charge in [-0.25, -0.2) is 13.8 Å². The monoisotopic (exact) mass is 273 g/mol. The summed E-state index contributed by atoms with van der Waals surface area (Å²) in [4.78, 5) is 7.31. The molecule has 0 aromatic carbocycles. The number of rotatable bonds is 3. The first-order chi connectivity index (χ1) is 8.40. The largest absolute Gasteiger partial charge is 0.356 e. The first-order valence-electron chi connectivity index (χ1n) is 5.10. The summed E-state index contributed by atoms with van der Waals surface area (Å²) in [7, 11) is 0. The highest BCUT2D eigenvalue weighted by Crippen LogP contribution is 2.27. The lowest BCUT2D eigenvalue weighted by molar-refractivity contribution is 0.462. The zero-order valence-electron chi connectivity index (χ0n) is 9.67. The van der Waals surface area contributed by atoms with Crippen LogP contribution in [0.1, 0.15) is 18.9 Å². The number of hydrogen-bond acceptors (Lipinski definition) is 4. The predicted molar refractivity (Wildman–Crippen MR) is 62.9 cm³/mol. The van der Waals surface area contributed by atoms with E-state index in [4.69, 9.17) is 0 Å². The van der Waals surface area contributed by atoms with Crippen LogP contribution in [0.15, 0.2) is 17.6 Å². The molecule has 7 heteroatoms. The second-order valence-corrected chi connectivity index (χ2v) is 5.07. The molecule has 0 amide bonds. The molecule has 3 nitrogen and oxygen atoms in total. The maximum Gasteiger partial charge on any atom is 0.251 e. The molecule has 0 aliphatic carbocycles. The van der Waals surface area contributed by atoms with Crippen LogP contribution in [0, 0.1) is 17.6 Å². The summed E-state index contributed by atoms with van der Waals surface area (Å²) in [5.41, 5.74) is -0.730. The zero-order valence-corrected chi connectivity index (χ0v) is 10.5. The van der Waals surface area contributed by atoms with Crippen LogP contribution in [0.3, 0.4) is 0 Å². The Morgan fingerprint density at radius 2 is 1.94 bits per heavy atom. The van der Waals surface area contributed by atoms with E-state index >= 15 is 0 Å². The van der Waals surface area contributed by atoms with E-state index in [1.807, 2.05) is 0 Å². The van der Waals surface area contributed by atoms with Crippen LogP contribution in [-0.2, 0) is 5.54 Å². The van der Waals surface area contributed by atoms with Crippen LogP contribution in [0.2, 0.25) is 0 Å². The highest BCUT2D eigenvalue weighted by Gasteiger charge is 2.25. The maximum absolute atomic E-state index is 13.5. The van der Waals surface area contributed by atoms with Crippen LogP contribution in [0.5, 0.6) is 0 Å². The van der Waals surface area contributed by atoms with Crippen LogP contribution in [0.4, 0.5) is 19.0 Å². The van der Waals surface area contributed by atoms with Gasteiger partial charge >= 0.3 is 0 Å². The molecular formula is C11H10F3N3S. The number of halogens is 3. The second-order valence-electron chi connectivity index (χ2n) is 4.18. The number of nitrogens with zero attached hydrogens (tertiary/aromatic N) is 2. The fourth-order valence-corrected chi connectivity index (χ4v) is 2.13. The normalized spacial score (nSPS) is 11.6. The fourth-order valence-electron chi connectivity index (χ4n) is 1.41. The molecule has 0 saturated heterocycles. The lowest BCUT2D eigenvalue weighted by atomic mass is 10.1. The quantitative estimate of drug-likeness (QED) is 0.872. The van der Waals surface area contributed by atoms with Gasteiger partial charge in [-0.1, -0.05) is 0 Å². The number of aromatic nitrogens is 2. The molecule has 0 aliphatic heterocycles. The maximum atomic E-state index is 13.5. The van der Waals surface area contributed by atoms with Gasteiger partial charge in [0.15, 0.2) is 17.5 Å². The van der Waals surface area contributed by atoms with E-state index in [0.717, 1.165) is 0 Å². The Balaban J connectivity index is 2.32. The summed E-state index contributed by atoms with van der Waals surface area (Å²) >= 11 is 1.37. The van der Waals surface area contributed by atoms with Gasteiger partial charge in [-0.3, -0.25) is 0 Å².